The molecule has 0 bridgehead atoms. The van der Waals surface area contributed by atoms with Gasteiger partial charge in [-0.05, 0) is 49.0 Å². The Morgan fingerprint density at radius 3 is 2.19 bits per heavy atom. The minimum atomic E-state index is -1.50. The normalized spacial score (nSPS) is 12.9. The van der Waals surface area contributed by atoms with Gasteiger partial charge in [-0.3, -0.25) is 0 Å². The highest BCUT2D eigenvalue weighted by atomic mass is 28.3. The van der Waals surface area contributed by atoms with Crippen molar-refractivity contribution in [1.29, 1.82) is 0 Å². The average Bonchev–Trinajstić information content (AvgIpc) is 2.70. The Labute approximate surface area is 193 Å². The summed E-state index contributed by atoms with van der Waals surface area (Å²) in [5.41, 5.74) is 2.67. The van der Waals surface area contributed by atoms with Gasteiger partial charge in [-0.25, -0.2) is 14.2 Å². The molecule has 1 aromatic heterocycles. The zero-order chi connectivity index (χ0) is 24.2. The Bertz CT molecular complexity index is 936. The van der Waals surface area contributed by atoms with Crippen molar-refractivity contribution in [3.63, 3.8) is 0 Å². The first-order valence-electron chi connectivity index (χ1n) is 11.1. The molecule has 5 nitrogen and oxygen atoms in total. The molecule has 7 heteroatoms. The topological polar surface area (TPSA) is 57.7 Å². The molecule has 32 heavy (non-hydrogen) atoms. The zero-order valence-corrected chi connectivity index (χ0v) is 21.9. The van der Waals surface area contributed by atoms with Crippen LogP contribution in [-0.4, -0.2) is 33.7 Å². The summed E-state index contributed by atoms with van der Waals surface area (Å²) in [4.78, 5) is 18.0. The summed E-state index contributed by atoms with van der Waals surface area (Å²) in [6.07, 6.45) is -0.383. The third-order valence-electron chi connectivity index (χ3n) is 5.04. The van der Waals surface area contributed by atoms with E-state index in [1.807, 2.05) is 13.8 Å². The van der Waals surface area contributed by atoms with Crippen molar-refractivity contribution in [3.8, 4) is 17.0 Å². The molecule has 0 aliphatic carbocycles. The third kappa shape index (κ3) is 5.75. The van der Waals surface area contributed by atoms with Crippen LogP contribution in [0.3, 0.4) is 0 Å². The number of methoxy groups -OCH3 is 1. The highest BCUT2D eigenvalue weighted by Crippen LogP contribution is 2.47. The van der Waals surface area contributed by atoms with E-state index in [0.29, 0.717) is 33.8 Å². The average molecular weight is 462 g/mol. The summed E-state index contributed by atoms with van der Waals surface area (Å²) in [6, 6.07) is 6.13. The van der Waals surface area contributed by atoms with Gasteiger partial charge in [-0.2, -0.15) is 0 Å². The van der Waals surface area contributed by atoms with Gasteiger partial charge in [-0.1, -0.05) is 46.8 Å². The van der Waals surface area contributed by atoms with Gasteiger partial charge >= 0.3 is 5.97 Å². The summed E-state index contributed by atoms with van der Waals surface area (Å²) in [7, 11) is 0.0729. The largest absolute Gasteiger partial charge is 0.481 e. The lowest BCUT2D eigenvalue weighted by molar-refractivity contribution is 0.0522. The van der Waals surface area contributed by atoms with Crippen LogP contribution in [0.15, 0.2) is 24.3 Å². The number of rotatable bonds is 8. The standard InChI is InChI=1S/C25H36FNO4Si/c1-10-30-24(28)19-18(16-11-13-17(26)14-12-16)20(22(25(4,5)6)31-32(8)9)23(29-7)27-21(19)15(2)3/h11-15,22,32H,10H2,1-9H3. The summed E-state index contributed by atoms with van der Waals surface area (Å²) >= 11 is 0. The van der Waals surface area contributed by atoms with Crippen molar-refractivity contribution in [1.82, 2.24) is 4.98 Å². The molecule has 0 fully saturated rings. The first-order chi connectivity index (χ1) is 14.9. The van der Waals surface area contributed by atoms with Gasteiger partial charge < -0.3 is 13.9 Å². The number of benzene rings is 1. The molecule has 1 heterocycles. The van der Waals surface area contributed by atoms with Crippen LogP contribution in [0.4, 0.5) is 4.39 Å². The fourth-order valence-electron chi connectivity index (χ4n) is 3.72. The molecule has 1 atom stereocenters. The third-order valence-corrected chi connectivity index (χ3v) is 5.85. The van der Waals surface area contributed by atoms with Crippen LogP contribution in [0.25, 0.3) is 11.1 Å². The van der Waals surface area contributed by atoms with Crippen LogP contribution < -0.4 is 4.74 Å². The molecule has 1 aromatic carbocycles. The van der Waals surface area contributed by atoms with Gasteiger partial charge in [0.05, 0.1) is 36.6 Å². The van der Waals surface area contributed by atoms with Crippen LogP contribution in [0.2, 0.25) is 13.1 Å². The maximum Gasteiger partial charge on any atom is 0.340 e. The van der Waals surface area contributed by atoms with Gasteiger partial charge in [0.25, 0.3) is 0 Å². The van der Waals surface area contributed by atoms with Crippen molar-refractivity contribution < 1.29 is 23.1 Å². The van der Waals surface area contributed by atoms with Gasteiger partial charge in [0.15, 0.2) is 9.04 Å². The smallest absolute Gasteiger partial charge is 0.340 e. The summed E-state index contributed by atoms with van der Waals surface area (Å²) in [6.45, 7) is 16.4. The van der Waals surface area contributed by atoms with Crippen LogP contribution >= 0.6 is 0 Å². The lowest BCUT2D eigenvalue weighted by Gasteiger charge is -2.36. The second kappa shape index (κ2) is 10.6. The number of hydrogen-bond donors (Lipinski definition) is 0. The summed E-state index contributed by atoms with van der Waals surface area (Å²) < 4.78 is 31.6. The van der Waals surface area contributed by atoms with E-state index in [0.717, 1.165) is 0 Å². The molecule has 0 saturated heterocycles. The number of carbonyl (C=O) groups excluding carboxylic acids is 1. The van der Waals surface area contributed by atoms with E-state index >= 15 is 0 Å². The monoisotopic (exact) mass is 461 g/mol. The molecule has 2 aromatic rings. The molecule has 2 rings (SSSR count). The van der Waals surface area contributed by atoms with Gasteiger partial charge in [0.2, 0.25) is 5.88 Å². The summed E-state index contributed by atoms with van der Waals surface area (Å²) in [5, 5.41) is 0. The highest BCUT2D eigenvalue weighted by molar-refractivity contribution is 6.48. The van der Waals surface area contributed by atoms with E-state index in [1.54, 1.807) is 26.2 Å². The number of carbonyl (C=O) groups is 1. The molecule has 176 valence electrons. The maximum absolute atomic E-state index is 13.8. The first-order valence-corrected chi connectivity index (χ1v) is 13.9. The summed E-state index contributed by atoms with van der Waals surface area (Å²) in [5.74, 6) is -0.460. The number of esters is 1. The minimum absolute atomic E-state index is 0.0648. The lowest BCUT2D eigenvalue weighted by atomic mass is 9.80. The Hall–Kier alpha value is -2.25. The van der Waals surface area contributed by atoms with E-state index in [4.69, 9.17) is 18.9 Å². The van der Waals surface area contributed by atoms with E-state index in [9.17, 15) is 9.18 Å². The molecule has 0 radical (unpaired) electrons. The first kappa shape index (κ1) is 26.0. The van der Waals surface area contributed by atoms with Gasteiger partial charge in [0, 0.05) is 5.56 Å². The molecule has 1 unspecified atom stereocenters. The van der Waals surface area contributed by atoms with Crippen LogP contribution in [0.1, 0.15) is 75.2 Å². The van der Waals surface area contributed by atoms with Gasteiger partial charge in [0.1, 0.15) is 5.82 Å². The number of ether oxygens (including phenoxy) is 2. The van der Waals surface area contributed by atoms with Crippen LogP contribution in [0, 0.1) is 11.2 Å². The predicted octanol–water partition coefficient (Wildman–Crippen LogP) is 6.28. The highest BCUT2D eigenvalue weighted by Gasteiger charge is 2.37. The van der Waals surface area contributed by atoms with Crippen molar-refractivity contribution in [2.75, 3.05) is 13.7 Å². The predicted molar refractivity (Wildman–Crippen MR) is 128 cm³/mol. The Kier molecular flexibility index (Phi) is 8.59. The zero-order valence-electron chi connectivity index (χ0n) is 20.7. The van der Waals surface area contributed by atoms with E-state index < -0.39 is 15.0 Å². The number of aromatic nitrogens is 1. The molecule has 0 amide bonds. The molecule has 0 aliphatic heterocycles. The van der Waals surface area contributed by atoms with Crippen molar-refractivity contribution in [2.45, 2.75) is 66.7 Å². The second-order valence-electron chi connectivity index (χ2n) is 9.48. The fourth-order valence-corrected chi connectivity index (χ4v) is 4.80. The molecule has 0 saturated carbocycles. The minimum Gasteiger partial charge on any atom is -0.481 e. The lowest BCUT2D eigenvalue weighted by Crippen LogP contribution is -2.28. The molecular formula is C25H36FNO4Si. The maximum atomic E-state index is 13.8. The Balaban J connectivity index is 3.08. The SMILES string of the molecule is CCOC(=O)c1c(C(C)C)nc(OC)c(C(O[SiH](C)C)C(C)(C)C)c1-c1ccc(F)cc1. The molecular weight excluding hydrogens is 425 g/mol. The quantitative estimate of drug-likeness (QED) is 0.342. The van der Waals surface area contributed by atoms with Crippen molar-refractivity contribution in [3.05, 3.63) is 46.9 Å². The molecule has 0 aliphatic rings. The van der Waals surface area contributed by atoms with Gasteiger partial charge in [-0.15, -0.1) is 0 Å². The van der Waals surface area contributed by atoms with Crippen molar-refractivity contribution >= 4 is 15.0 Å². The number of nitrogens with zero attached hydrogens (tertiary/aromatic N) is 1. The molecule has 0 N–H and O–H groups in total. The molecule has 0 spiro atoms. The van der Waals surface area contributed by atoms with Crippen molar-refractivity contribution in [2.24, 2.45) is 5.41 Å². The van der Waals surface area contributed by atoms with E-state index in [-0.39, 0.29) is 29.9 Å². The van der Waals surface area contributed by atoms with E-state index in [1.165, 1.54) is 12.1 Å². The van der Waals surface area contributed by atoms with E-state index in [2.05, 4.69) is 33.9 Å². The number of pyridine rings is 1. The Morgan fingerprint density at radius 2 is 1.75 bits per heavy atom. The fraction of sp³-hybridized carbons (Fsp3) is 0.520. The Morgan fingerprint density at radius 1 is 1.16 bits per heavy atom. The second-order valence-corrected chi connectivity index (χ2v) is 11.9. The number of halogens is 1. The number of hydrogen-bond acceptors (Lipinski definition) is 5. The van der Waals surface area contributed by atoms with Crippen LogP contribution in [0.5, 0.6) is 5.88 Å². The van der Waals surface area contributed by atoms with Crippen LogP contribution in [-0.2, 0) is 9.16 Å².